The lowest BCUT2D eigenvalue weighted by Crippen LogP contribution is -2.58. The predicted molar refractivity (Wildman–Crippen MR) is 208 cm³/mol. The van der Waals surface area contributed by atoms with Gasteiger partial charge in [0.25, 0.3) is 0 Å². The second-order valence-electron chi connectivity index (χ2n) is 12.9. The second kappa shape index (κ2) is 18.9. The van der Waals surface area contributed by atoms with Crippen molar-refractivity contribution >= 4 is 34.5 Å². The molecule has 53 heavy (non-hydrogen) atoms. The molecule has 0 radical (unpaired) electrons. The average Bonchev–Trinajstić information content (AvgIpc) is 3.62. The molecule has 2 heterocycles. The quantitative estimate of drug-likeness (QED) is 0.0972. The van der Waals surface area contributed by atoms with Gasteiger partial charge >= 0.3 is 0 Å². The van der Waals surface area contributed by atoms with E-state index in [-0.39, 0.29) is 6.61 Å². The van der Waals surface area contributed by atoms with Crippen LogP contribution in [0.25, 0.3) is 0 Å². The highest BCUT2D eigenvalue weighted by Gasteiger charge is 2.49. The zero-order chi connectivity index (χ0) is 36.2. The Balaban J connectivity index is 1.26. The smallest absolute Gasteiger partial charge is 0.207 e. The van der Waals surface area contributed by atoms with Crippen molar-refractivity contribution in [1.29, 1.82) is 0 Å². The molecule has 1 saturated heterocycles. The van der Waals surface area contributed by atoms with E-state index in [2.05, 4.69) is 52.7 Å². The number of hydrogen-bond donors (Lipinski definition) is 0. The van der Waals surface area contributed by atoms with Crippen LogP contribution in [0.15, 0.2) is 140 Å². The van der Waals surface area contributed by atoms with Crippen LogP contribution >= 0.6 is 34.5 Å². The lowest BCUT2D eigenvalue weighted by molar-refractivity contribution is -0.275. The molecule has 0 saturated carbocycles. The Morgan fingerprint density at radius 3 is 1.60 bits per heavy atom. The summed E-state index contributed by atoms with van der Waals surface area (Å²) in [4.78, 5) is 0. The Morgan fingerprint density at radius 1 is 0.566 bits per heavy atom. The van der Waals surface area contributed by atoms with Gasteiger partial charge in [0.05, 0.1) is 33.0 Å². The normalized spacial score (nSPS) is 20.0. The van der Waals surface area contributed by atoms with Crippen LogP contribution in [0.2, 0.25) is 9.49 Å². The van der Waals surface area contributed by atoms with Crippen LogP contribution in [0.3, 0.4) is 0 Å². The van der Waals surface area contributed by atoms with Gasteiger partial charge in [-0.25, -0.2) is 0 Å². The number of nitrogens with zero attached hydrogens (tertiary/aromatic N) is 2. The van der Waals surface area contributed by atoms with E-state index in [1.54, 1.807) is 0 Å². The molecule has 1 aliphatic heterocycles. The first-order valence-corrected chi connectivity index (χ1v) is 19.2. The molecule has 0 aliphatic carbocycles. The van der Waals surface area contributed by atoms with Crippen LogP contribution in [0.4, 0.5) is 0 Å². The number of hydrogen-bond acceptors (Lipinski definition) is 8. The third-order valence-corrected chi connectivity index (χ3v) is 10.5. The monoisotopic (exact) mass is 766 g/mol. The molecule has 1 fully saturated rings. The number of rotatable bonds is 16. The van der Waals surface area contributed by atoms with Gasteiger partial charge in [-0.2, -0.15) is 0 Å². The van der Waals surface area contributed by atoms with Gasteiger partial charge in [0, 0.05) is 11.4 Å². The van der Waals surface area contributed by atoms with Crippen molar-refractivity contribution in [1.82, 2.24) is 10.2 Å². The Kier molecular flexibility index (Phi) is 13.3. The third kappa shape index (κ3) is 10.4. The Morgan fingerprint density at radius 2 is 1.08 bits per heavy atom. The van der Waals surface area contributed by atoms with E-state index in [1.807, 2.05) is 97.1 Å². The number of aromatic nitrogens is 2. The van der Waals surface area contributed by atoms with Gasteiger partial charge < -0.3 is 23.7 Å². The highest BCUT2D eigenvalue weighted by atomic mass is 35.5. The van der Waals surface area contributed by atoms with E-state index >= 15 is 0 Å². The largest absolute Gasteiger partial charge is 0.374 e. The molecule has 0 spiro atoms. The number of halogens is 2. The summed E-state index contributed by atoms with van der Waals surface area (Å²) in [6.07, 6.45) is -2.26. The van der Waals surface area contributed by atoms with Gasteiger partial charge in [0.1, 0.15) is 35.5 Å². The summed E-state index contributed by atoms with van der Waals surface area (Å²) in [7, 11) is 0. The summed E-state index contributed by atoms with van der Waals surface area (Å²) in [5.74, 6) is 0. The van der Waals surface area contributed by atoms with Gasteiger partial charge in [-0.1, -0.05) is 156 Å². The highest BCUT2D eigenvalue weighted by Crippen LogP contribution is 2.40. The molecular weight excluding hydrogens is 727 g/mol. The van der Waals surface area contributed by atoms with Crippen molar-refractivity contribution in [3.63, 3.8) is 0 Å². The van der Waals surface area contributed by atoms with Crippen molar-refractivity contribution < 1.29 is 23.7 Å². The summed E-state index contributed by atoms with van der Waals surface area (Å²) in [6, 6.07) is 46.4. The fourth-order valence-corrected chi connectivity index (χ4v) is 7.51. The molecule has 0 N–H and O–H groups in total. The zero-order valence-electron chi connectivity index (χ0n) is 29.0. The van der Waals surface area contributed by atoms with Gasteiger partial charge in [0.2, 0.25) is 4.47 Å². The van der Waals surface area contributed by atoms with Gasteiger partial charge in [0.15, 0.2) is 0 Å². The molecule has 1 aliphatic rings. The standard InChI is InChI=1S/C43H40Cl2N2O5S/c44-36-22-21-34(23-35(36)24-38-46-47-43(45)53-38)39-41(50-27-32-17-9-3-10-18-32)42(51-28-33-19-11-4-12-20-33)40(49-26-31-15-7-2-8-16-31)37(52-39)29-48-25-30-13-5-1-6-14-30/h1-23,37,39-42H,24-29H2. The molecule has 0 amide bonds. The minimum Gasteiger partial charge on any atom is -0.374 e. The summed E-state index contributed by atoms with van der Waals surface area (Å²) < 4.78 is 34.5. The molecule has 272 valence electrons. The van der Waals surface area contributed by atoms with Crippen LogP contribution < -0.4 is 0 Å². The molecule has 7 nitrogen and oxygen atoms in total. The molecule has 0 bridgehead atoms. The summed E-state index contributed by atoms with van der Waals surface area (Å²) in [6.45, 7) is 1.76. The van der Waals surface area contributed by atoms with Crippen molar-refractivity contribution in [2.45, 2.75) is 63.4 Å². The van der Waals surface area contributed by atoms with E-state index in [0.717, 1.165) is 38.4 Å². The zero-order valence-corrected chi connectivity index (χ0v) is 31.3. The van der Waals surface area contributed by atoms with Crippen LogP contribution in [0.5, 0.6) is 0 Å². The van der Waals surface area contributed by atoms with Crippen molar-refractivity contribution in [3.05, 3.63) is 187 Å². The first kappa shape index (κ1) is 37.4. The Labute approximate surface area is 324 Å². The maximum Gasteiger partial charge on any atom is 0.207 e. The molecule has 10 heteroatoms. The first-order valence-electron chi connectivity index (χ1n) is 17.6. The lowest BCUT2D eigenvalue weighted by atomic mass is 9.89. The number of benzene rings is 5. The van der Waals surface area contributed by atoms with Crippen LogP contribution in [0.1, 0.15) is 44.5 Å². The first-order chi connectivity index (χ1) is 26.1. The third-order valence-electron chi connectivity index (χ3n) is 9.07. The lowest BCUT2D eigenvalue weighted by Gasteiger charge is -2.46. The van der Waals surface area contributed by atoms with Crippen LogP contribution in [0, 0.1) is 0 Å². The Hall–Kier alpha value is -3.96. The van der Waals surface area contributed by atoms with E-state index in [4.69, 9.17) is 46.9 Å². The van der Waals surface area contributed by atoms with E-state index in [1.165, 1.54) is 11.3 Å². The van der Waals surface area contributed by atoms with Crippen molar-refractivity contribution in [2.24, 2.45) is 0 Å². The van der Waals surface area contributed by atoms with Gasteiger partial charge in [-0.05, 0) is 51.0 Å². The maximum atomic E-state index is 7.10. The molecule has 5 aromatic carbocycles. The minimum atomic E-state index is -0.574. The molecular formula is C43H40Cl2N2O5S. The van der Waals surface area contributed by atoms with E-state index in [0.29, 0.717) is 42.3 Å². The fourth-order valence-electron chi connectivity index (χ4n) is 6.43. The topological polar surface area (TPSA) is 71.9 Å². The van der Waals surface area contributed by atoms with Crippen LogP contribution in [-0.2, 0) is 56.5 Å². The molecule has 5 atom stereocenters. The predicted octanol–water partition coefficient (Wildman–Crippen LogP) is 9.85. The molecule has 7 rings (SSSR count). The minimum absolute atomic E-state index is 0.269. The van der Waals surface area contributed by atoms with Gasteiger partial charge in [-0.15, -0.1) is 10.2 Å². The summed E-state index contributed by atoms with van der Waals surface area (Å²) in [5, 5.41) is 9.59. The fraction of sp³-hybridized carbons (Fsp3) is 0.256. The van der Waals surface area contributed by atoms with E-state index in [9.17, 15) is 0 Å². The van der Waals surface area contributed by atoms with Crippen molar-refractivity contribution in [3.8, 4) is 0 Å². The second-order valence-corrected chi connectivity index (χ2v) is 14.9. The molecule has 1 aromatic heterocycles. The number of ether oxygens (including phenoxy) is 5. The van der Waals surface area contributed by atoms with Crippen molar-refractivity contribution in [2.75, 3.05) is 6.61 Å². The summed E-state index contributed by atoms with van der Waals surface area (Å²) >= 11 is 14.2. The van der Waals surface area contributed by atoms with Gasteiger partial charge in [-0.3, -0.25) is 0 Å². The SMILES string of the molecule is Clc1nnc(Cc2cc(C3OC(COCc4ccccc4)C(OCc4ccccc4)C(OCc4ccccc4)C3OCc3ccccc3)ccc2Cl)s1. The average molecular weight is 768 g/mol. The summed E-state index contributed by atoms with van der Waals surface area (Å²) in [5.41, 5.74) is 5.96. The molecule has 6 aromatic rings. The molecule has 5 unspecified atom stereocenters. The van der Waals surface area contributed by atoms with Crippen LogP contribution in [-0.4, -0.2) is 41.2 Å². The Bertz CT molecular complexity index is 1990. The maximum absolute atomic E-state index is 7.10. The highest BCUT2D eigenvalue weighted by molar-refractivity contribution is 7.15. The van der Waals surface area contributed by atoms with E-state index < -0.39 is 30.5 Å².